The molecular formula is C28H23P. The molecule has 0 radical (unpaired) electrons. The number of rotatable bonds is 3. The molecule has 0 saturated heterocycles. The molecule has 0 aliphatic rings. The smallest absolute Gasteiger partial charge is 0.00722 e. The highest BCUT2D eigenvalue weighted by Gasteiger charge is 2.21. The van der Waals surface area contributed by atoms with Crippen molar-refractivity contribution in [3.8, 4) is 0 Å². The predicted molar refractivity (Wildman–Crippen MR) is 130 cm³/mol. The first-order chi connectivity index (χ1) is 14.2. The average molecular weight is 390 g/mol. The van der Waals surface area contributed by atoms with Crippen LogP contribution in [0.4, 0.5) is 0 Å². The second-order valence-corrected chi connectivity index (χ2v) is 9.72. The van der Waals surface area contributed by atoms with Gasteiger partial charge in [0.05, 0.1) is 0 Å². The number of fused-ring (bicyclic) bond motifs is 2. The number of benzene rings is 5. The summed E-state index contributed by atoms with van der Waals surface area (Å²) in [5.74, 6) is 0. The van der Waals surface area contributed by atoms with Crippen molar-refractivity contribution in [2.75, 3.05) is 0 Å². The van der Waals surface area contributed by atoms with Gasteiger partial charge in [-0.3, -0.25) is 0 Å². The fourth-order valence-corrected chi connectivity index (χ4v) is 6.85. The monoisotopic (exact) mass is 390 g/mol. The molecule has 5 aromatic carbocycles. The number of hydrogen-bond donors (Lipinski definition) is 0. The van der Waals surface area contributed by atoms with Gasteiger partial charge in [-0.05, 0) is 70.4 Å². The molecule has 0 N–H and O–H groups in total. The van der Waals surface area contributed by atoms with Gasteiger partial charge in [0.2, 0.25) is 0 Å². The molecule has 0 nitrogen and oxygen atoms in total. The van der Waals surface area contributed by atoms with Crippen LogP contribution < -0.4 is 15.9 Å². The maximum Gasteiger partial charge on any atom is -0.00722 e. The average Bonchev–Trinajstić information content (AvgIpc) is 2.78. The van der Waals surface area contributed by atoms with Crippen LogP contribution in [0.15, 0.2) is 103 Å². The summed E-state index contributed by atoms with van der Waals surface area (Å²) in [5.41, 5.74) is 2.67. The minimum atomic E-state index is -0.670. The van der Waals surface area contributed by atoms with E-state index in [2.05, 4.69) is 117 Å². The molecule has 29 heavy (non-hydrogen) atoms. The summed E-state index contributed by atoms with van der Waals surface area (Å²) in [6, 6.07) is 38.0. The van der Waals surface area contributed by atoms with E-state index in [1.165, 1.54) is 48.6 Å². The van der Waals surface area contributed by atoms with E-state index >= 15 is 0 Å². The van der Waals surface area contributed by atoms with Gasteiger partial charge in [-0.15, -0.1) is 0 Å². The molecule has 0 spiro atoms. The lowest BCUT2D eigenvalue weighted by Gasteiger charge is -2.23. The van der Waals surface area contributed by atoms with Gasteiger partial charge in [-0.2, -0.15) is 0 Å². The minimum Gasteiger partial charge on any atom is -0.0622 e. The van der Waals surface area contributed by atoms with Gasteiger partial charge in [-0.25, -0.2) is 0 Å². The fourth-order valence-electron chi connectivity index (χ4n) is 4.24. The molecule has 0 atom stereocenters. The quantitative estimate of drug-likeness (QED) is 0.314. The molecule has 5 aromatic rings. The van der Waals surface area contributed by atoms with Crippen LogP contribution in [0.25, 0.3) is 21.5 Å². The third-order valence-corrected chi connectivity index (χ3v) is 8.29. The summed E-state index contributed by atoms with van der Waals surface area (Å²) >= 11 is 0. The van der Waals surface area contributed by atoms with E-state index in [1.807, 2.05) is 0 Å². The molecule has 1 heteroatoms. The molecule has 0 unspecified atom stereocenters. The fraction of sp³-hybridized carbons (Fsp3) is 0.0714. The number of aryl methyl sites for hydroxylation is 2. The first kappa shape index (κ1) is 18.1. The minimum absolute atomic E-state index is 0.670. The van der Waals surface area contributed by atoms with Crippen molar-refractivity contribution in [2.45, 2.75) is 13.8 Å². The van der Waals surface area contributed by atoms with Gasteiger partial charge >= 0.3 is 0 Å². The SMILES string of the molecule is Cc1ccc(P(c2ccccc2)c2ccc(C)c3ccccc23)c2ccccc12. The summed E-state index contributed by atoms with van der Waals surface area (Å²) in [7, 11) is -0.670. The Morgan fingerprint density at radius 1 is 0.414 bits per heavy atom. The zero-order valence-corrected chi connectivity index (χ0v) is 17.7. The van der Waals surface area contributed by atoms with Crippen molar-refractivity contribution in [2.24, 2.45) is 0 Å². The van der Waals surface area contributed by atoms with Crippen LogP contribution in [-0.4, -0.2) is 0 Å². The van der Waals surface area contributed by atoms with Gasteiger partial charge < -0.3 is 0 Å². The third kappa shape index (κ3) is 3.15. The zero-order chi connectivity index (χ0) is 19.8. The second-order valence-electron chi connectivity index (χ2n) is 7.57. The maximum absolute atomic E-state index is 2.35. The molecule has 140 valence electrons. The van der Waals surface area contributed by atoms with Crippen LogP contribution >= 0.6 is 7.92 Å². The standard InChI is InChI=1S/C28H23P/c1-20-16-18-27(25-14-8-6-12-23(20)25)29(22-10-4-3-5-11-22)28-19-17-21(2)24-13-7-9-15-26(24)28/h3-19H,1-2H3. The van der Waals surface area contributed by atoms with E-state index in [0.717, 1.165) is 0 Å². The molecule has 0 aromatic heterocycles. The van der Waals surface area contributed by atoms with Crippen molar-refractivity contribution in [1.82, 2.24) is 0 Å². The number of hydrogen-bond acceptors (Lipinski definition) is 0. The highest BCUT2D eigenvalue weighted by atomic mass is 31.1. The van der Waals surface area contributed by atoms with E-state index in [9.17, 15) is 0 Å². The molecular weight excluding hydrogens is 367 g/mol. The lowest BCUT2D eigenvalue weighted by molar-refractivity contribution is 1.54. The molecule has 0 heterocycles. The Balaban J connectivity index is 1.87. The van der Waals surface area contributed by atoms with E-state index in [0.29, 0.717) is 0 Å². The van der Waals surface area contributed by atoms with Gasteiger partial charge in [-0.1, -0.05) is 103 Å². The van der Waals surface area contributed by atoms with Crippen LogP contribution in [0.2, 0.25) is 0 Å². The first-order valence-corrected chi connectivity index (χ1v) is 11.4. The Hall–Kier alpha value is -2.95. The lowest BCUT2D eigenvalue weighted by atomic mass is 10.1. The van der Waals surface area contributed by atoms with E-state index < -0.39 is 7.92 Å². The summed E-state index contributed by atoms with van der Waals surface area (Å²) in [6.07, 6.45) is 0. The lowest BCUT2D eigenvalue weighted by Crippen LogP contribution is -2.22. The first-order valence-electron chi connectivity index (χ1n) is 10.1. The van der Waals surface area contributed by atoms with Gasteiger partial charge in [0.1, 0.15) is 0 Å². The van der Waals surface area contributed by atoms with Gasteiger partial charge in [0, 0.05) is 0 Å². The highest BCUT2D eigenvalue weighted by Crippen LogP contribution is 2.39. The molecule has 0 aliphatic heterocycles. The Bertz CT molecular complexity index is 1230. The second kappa shape index (κ2) is 7.47. The van der Waals surface area contributed by atoms with Crippen molar-refractivity contribution < 1.29 is 0 Å². The van der Waals surface area contributed by atoms with E-state index in [1.54, 1.807) is 0 Å². The van der Waals surface area contributed by atoms with Crippen LogP contribution in [0.3, 0.4) is 0 Å². The van der Waals surface area contributed by atoms with E-state index in [4.69, 9.17) is 0 Å². The topological polar surface area (TPSA) is 0 Å². The van der Waals surface area contributed by atoms with Crippen molar-refractivity contribution in [3.63, 3.8) is 0 Å². The molecule has 0 bridgehead atoms. The summed E-state index contributed by atoms with van der Waals surface area (Å²) < 4.78 is 0. The Labute approximate surface area is 173 Å². The van der Waals surface area contributed by atoms with Crippen LogP contribution in [0.5, 0.6) is 0 Å². The maximum atomic E-state index is 2.35. The highest BCUT2D eigenvalue weighted by molar-refractivity contribution is 7.80. The summed E-state index contributed by atoms with van der Waals surface area (Å²) in [4.78, 5) is 0. The van der Waals surface area contributed by atoms with E-state index in [-0.39, 0.29) is 0 Å². The molecule has 5 rings (SSSR count). The van der Waals surface area contributed by atoms with Crippen LogP contribution in [-0.2, 0) is 0 Å². The Morgan fingerprint density at radius 2 is 0.828 bits per heavy atom. The molecule has 0 aliphatic carbocycles. The normalized spacial score (nSPS) is 11.4. The molecule has 0 saturated carbocycles. The Morgan fingerprint density at radius 3 is 1.31 bits per heavy atom. The van der Waals surface area contributed by atoms with Crippen molar-refractivity contribution in [1.29, 1.82) is 0 Å². The molecule has 0 fully saturated rings. The van der Waals surface area contributed by atoms with Crippen LogP contribution in [0, 0.1) is 13.8 Å². The zero-order valence-electron chi connectivity index (χ0n) is 16.8. The van der Waals surface area contributed by atoms with Crippen LogP contribution in [0.1, 0.15) is 11.1 Å². The largest absolute Gasteiger partial charge is 0.0622 e. The summed E-state index contributed by atoms with van der Waals surface area (Å²) in [5, 5.41) is 9.70. The predicted octanol–water partition coefficient (Wildman–Crippen LogP) is 6.37. The molecule has 0 amide bonds. The van der Waals surface area contributed by atoms with Crippen molar-refractivity contribution >= 4 is 45.4 Å². The third-order valence-electron chi connectivity index (χ3n) is 5.73. The summed E-state index contributed by atoms with van der Waals surface area (Å²) in [6.45, 7) is 4.41. The van der Waals surface area contributed by atoms with Crippen molar-refractivity contribution in [3.05, 3.63) is 114 Å². The Kier molecular flexibility index (Phi) is 4.66. The van der Waals surface area contributed by atoms with Gasteiger partial charge in [0.25, 0.3) is 0 Å². The van der Waals surface area contributed by atoms with Gasteiger partial charge in [0.15, 0.2) is 0 Å².